The summed E-state index contributed by atoms with van der Waals surface area (Å²) >= 11 is 0. The van der Waals surface area contributed by atoms with E-state index in [9.17, 15) is 28.2 Å². The van der Waals surface area contributed by atoms with Gasteiger partial charge in [-0.3, -0.25) is 0 Å². The normalized spacial score (nSPS) is 13.4. The van der Waals surface area contributed by atoms with Crippen molar-refractivity contribution in [2.75, 3.05) is 0 Å². The molecule has 2 aromatic carbocycles. The largest absolute Gasteiger partial charge is 0.448 e. The molecular formula is C16H13F3O4. The molecule has 0 saturated heterocycles. The minimum Gasteiger partial charge on any atom is -0.448 e. The molecule has 0 aliphatic heterocycles. The topological polar surface area (TPSA) is 66.8 Å². The average Bonchev–Trinajstić information content (AvgIpc) is 2.52. The predicted molar refractivity (Wildman–Crippen MR) is 74.3 cm³/mol. The predicted octanol–water partition coefficient (Wildman–Crippen LogP) is 2.83. The van der Waals surface area contributed by atoms with E-state index in [1.807, 2.05) is 0 Å². The number of rotatable bonds is 4. The Morgan fingerprint density at radius 1 is 0.913 bits per heavy atom. The van der Waals surface area contributed by atoms with Gasteiger partial charge in [0.05, 0.1) is 5.56 Å². The van der Waals surface area contributed by atoms with Gasteiger partial charge in [-0.2, -0.15) is 13.2 Å². The maximum Gasteiger partial charge on any atom is 0.447 e. The van der Waals surface area contributed by atoms with Crippen LogP contribution in [0.25, 0.3) is 0 Å². The summed E-state index contributed by atoms with van der Waals surface area (Å²) in [6.45, 7) is 0. The fraction of sp³-hybridized carbons (Fsp3) is 0.188. The van der Waals surface area contributed by atoms with Crippen LogP contribution >= 0.6 is 0 Å². The monoisotopic (exact) mass is 326 g/mol. The lowest BCUT2D eigenvalue weighted by Crippen LogP contribution is -2.51. The van der Waals surface area contributed by atoms with Crippen LogP contribution in [0.5, 0.6) is 0 Å². The van der Waals surface area contributed by atoms with E-state index in [2.05, 4.69) is 0 Å². The first kappa shape index (κ1) is 17.0. The lowest BCUT2D eigenvalue weighted by atomic mass is 10.0. The third kappa shape index (κ3) is 3.69. The number of ether oxygens (including phenoxy) is 1. The standard InChI is InChI=1S/C16H13F3O4/c17-16(18,19)15(21,22)13(11-7-3-1-4-8-11)23-14(20)12-9-5-2-6-10-12/h1-10,13,21-22H. The summed E-state index contributed by atoms with van der Waals surface area (Å²) in [5.74, 6) is -5.32. The van der Waals surface area contributed by atoms with E-state index in [0.29, 0.717) is 0 Å². The van der Waals surface area contributed by atoms with Gasteiger partial charge in [-0.05, 0) is 17.7 Å². The molecule has 0 saturated carbocycles. The van der Waals surface area contributed by atoms with E-state index in [4.69, 9.17) is 4.74 Å². The molecule has 7 heteroatoms. The smallest absolute Gasteiger partial charge is 0.447 e. The summed E-state index contributed by atoms with van der Waals surface area (Å²) in [6, 6.07) is 14.0. The van der Waals surface area contributed by atoms with Crippen molar-refractivity contribution in [3.8, 4) is 0 Å². The zero-order chi connectivity index (χ0) is 17.1. The quantitative estimate of drug-likeness (QED) is 0.670. The second-order valence-electron chi connectivity index (χ2n) is 4.79. The van der Waals surface area contributed by atoms with E-state index in [0.717, 1.165) is 0 Å². The summed E-state index contributed by atoms with van der Waals surface area (Å²) in [5.41, 5.74) is -0.203. The van der Waals surface area contributed by atoms with Gasteiger partial charge in [0.2, 0.25) is 0 Å². The first-order chi connectivity index (χ1) is 10.7. The van der Waals surface area contributed by atoms with Gasteiger partial charge >= 0.3 is 17.9 Å². The Morgan fingerprint density at radius 2 is 1.39 bits per heavy atom. The van der Waals surface area contributed by atoms with Crippen molar-refractivity contribution >= 4 is 5.97 Å². The van der Waals surface area contributed by atoms with Crippen LogP contribution in [-0.2, 0) is 4.74 Å². The van der Waals surface area contributed by atoms with Gasteiger partial charge in [-0.1, -0.05) is 48.5 Å². The lowest BCUT2D eigenvalue weighted by molar-refractivity contribution is -0.379. The van der Waals surface area contributed by atoms with Gasteiger partial charge in [-0.25, -0.2) is 4.79 Å². The summed E-state index contributed by atoms with van der Waals surface area (Å²) in [7, 11) is 0. The van der Waals surface area contributed by atoms with Crippen LogP contribution in [0, 0.1) is 0 Å². The van der Waals surface area contributed by atoms with Gasteiger partial charge in [0.1, 0.15) is 0 Å². The number of carbonyl (C=O) groups excluding carboxylic acids is 1. The molecule has 1 atom stereocenters. The van der Waals surface area contributed by atoms with Gasteiger partial charge < -0.3 is 14.9 Å². The van der Waals surface area contributed by atoms with Crippen molar-refractivity contribution < 1.29 is 32.9 Å². The van der Waals surface area contributed by atoms with E-state index < -0.39 is 24.0 Å². The zero-order valence-corrected chi connectivity index (χ0v) is 11.7. The maximum atomic E-state index is 12.9. The molecule has 0 fully saturated rings. The SMILES string of the molecule is O=C(OC(c1ccccc1)C(O)(O)C(F)(F)F)c1ccccc1. The third-order valence-corrected chi connectivity index (χ3v) is 3.12. The minimum atomic E-state index is -5.41. The van der Waals surface area contributed by atoms with Gasteiger partial charge in [0.25, 0.3) is 0 Å². The molecule has 2 aromatic rings. The molecule has 0 amide bonds. The number of aliphatic hydroxyl groups is 2. The summed E-state index contributed by atoms with van der Waals surface area (Å²) < 4.78 is 43.5. The number of halogens is 3. The number of hydrogen-bond donors (Lipinski definition) is 2. The molecule has 0 heterocycles. The van der Waals surface area contributed by atoms with E-state index in [1.165, 1.54) is 54.6 Å². The highest BCUT2D eigenvalue weighted by Crippen LogP contribution is 2.40. The first-order valence-electron chi connectivity index (χ1n) is 6.56. The second-order valence-corrected chi connectivity index (χ2v) is 4.79. The Balaban J connectivity index is 2.37. The molecule has 2 N–H and O–H groups in total. The van der Waals surface area contributed by atoms with Crippen molar-refractivity contribution in [3.63, 3.8) is 0 Å². The van der Waals surface area contributed by atoms with Crippen LogP contribution in [0.15, 0.2) is 60.7 Å². The Kier molecular flexibility index (Phi) is 4.72. The lowest BCUT2D eigenvalue weighted by Gasteiger charge is -2.32. The molecule has 0 radical (unpaired) electrons. The summed E-state index contributed by atoms with van der Waals surface area (Å²) in [4.78, 5) is 12.0. The van der Waals surface area contributed by atoms with Crippen LogP contribution in [0.3, 0.4) is 0 Å². The first-order valence-corrected chi connectivity index (χ1v) is 6.56. The maximum absolute atomic E-state index is 12.9. The van der Waals surface area contributed by atoms with Gasteiger partial charge in [0.15, 0.2) is 6.10 Å². The van der Waals surface area contributed by atoms with Crippen molar-refractivity contribution in [1.29, 1.82) is 0 Å². The molecule has 2 rings (SSSR count). The average molecular weight is 326 g/mol. The van der Waals surface area contributed by atoms with Crippen LogP contribution in [-0.4, -0.2) is 28.1 Å². The fourth-order valence-corrected chi connectivity index (χ4v) is 1.91. The number of carbonyl (C=O) groups is 1. The van der Waals surface area contributed by atoms with E-state index in [-0.39, 0.29) is 11.1 Å². The molecule has 0 aliphatic rings. The molecule has 0 spiro atoms. The Bertz CT molecular complexity index is 654. The highest BCUT2D eigenvalue weighted by molar-refractivity contribution is 5.89. The van der Waals surface area contributed by atoms with Gasteiger partial charge in [-0.15, -0.1) is 0 Å². The van der Waals surface area contributed by atoms with E-state index >= 15 is 0 Å². The highest BCUT2D eigenvalue weighted by Gasteiger charge is 2.60. The number of benzene rings is 2. The fourth-order valence-electron chi connectivity index (χ4n) is 1.91. The minimum absolute atomic E-state index is 0.00796. The van der Waals surface area contributed by atoms with E-state index in [1.54, 1.807) is 6.07 Å². The Hall–Kier alpha value is -2.38. The van der Waals surface area contributed by atoms with Crippen LogP contribution in [0.2, 0.25) is 0 Å². The number of esters is 1. The summed E-state index contributed by atoms with van der Waals surface area (Å²) in [6.07, 6.45) is -7.73. The zero-order valence-electron chi connectivity index (χ0n) is 11.7. The molecule has 122 valence electrons. The molecule has 1 unspecified atom stereocenters. The van der Waals surface area contributed by atoms with Crippen molar-refractivity contribution in [1.82, 2.24) is 0 Å². The molecular weight excluding hydrogens is 313 g/mol. The van der Waals surface area contributed by atoms with Crippen molar-refractivity contribution in [3.05, 3.63) is 71.8 Å². The molecule has 0 aromatic heterocycles. The van der Waals surface area contributed by atoms with Gasteiger partial charge in [0, 0.05) is 0 Å². The van der Waals surface area contributed by atoms with Crippen molar-refractivity contribution in [2.24, 2.45) is 0 Å². The van der Waals surface area contributed by atoms with Crippen LogP contribution in [0.1, 0.15) is 22.0 Å². The molecule has 0 bridgehead atoms. The Morgan fingerprint density at radius 3 is 1.87 bits per heavy atom. The number of hydrogen-bond acceptors (Lipinski definition) is 4. The highest BCUT2D eigenvalue weighted by atomic mass is 19.4. The molecule has 0 aliphatic carbocycles. The molecule has 23 heavy (non-hydrogen) atoms. The summed E-state index contributed by atoms with van der Waals surface area (Å²) in [5, 5.41) is 19.0. The van der Waals surface area contributed by atoms with Crippen LogP contribution < -0.4 is 0 Å². The van der Waals surface area contributed by atoms with Crippen LogP contribution in [0.4, 0.5) is 13.2 Å². The van der Waals surface area contributed by atoms with Crippen molar-refractivity contribution in [2.45, 2.75) is 18.1 Å². The number of alkyl halides is 3. The second kappa shape index (κ2) is 6.39. The Labute approximate surface area is 129 Å². The third-order valence-electron chi connectivity index (χ3n) is 3.12. The molecule has 4 nitrogen and oxygen atoms in total.